The van der Waals surface area contributed by atoms with Gasteiger partial charge in [-0.1, -0.05) is 62.4 Å². The van der Waals surface area contributed by atoms with Gasteiger partial charge in [0.2, 0.25) is 11.8 Å². The molecule has 37 heavy (non-hydrogen) atoms. The van der Waals surface area contributed by atoms with Gasteiger partial charge in [-0.05, 0) is 43.6 Å². The van der Waals surface area contributed by atoms with E-state index in [1.54, 1.807) is 11.8 Å². The topological polar surface area (TPSA) is 131 Å². The number of fused-ring (bicyclic) bond motifs is 1. The summed E-state index contributed by atoms with van der Waals surface area (Å²) in [4.78, 5) is 46.1. The van der Waals surface area contributed by atoms with Gasteiger partial charge in [-0.15, -0.1) is 11.8 Å². The van der Waals surface area contributed by atoms with Crippen molar-refractivity contribution in [1.82, 2.24) is 10.2 Å². The number of ketones is 1. The molecule has 4 atom stereocenters. The number of aliphatic imine (C=N–C) groups is 1. The average Bonchev–Trinajstić information content (AvgIpc) is 3.34. The van der Waals surface area contributed by atoms with Crippen LogP contribution in [0.4, 0.5) is 0 Å². The first-order valence-electron chi connectivity index (χ1n) is 13.8. The molecule has 2 unspecified atom stereocenters. The molecular weight excluding hydrogens is 486 g/mol. The molecule has 0 aromatic heterocycles. The number of nitrogens with one attached hydrogen (secondary N) is 1. The van der Waals surface area contributed by atoms with Gasteiger partial charge in [-0.2, -0.15) is 0 Å². The van der Waals surface area contributed by atoms with Crippen LogP contribution in [0.3, 0.4) is 0 Å². The van der Waals surface area contributed by atoms with Gasteiger partial charge in [-0.25, -0.2) is 0 Å². The average molecular weight is 528 g/mol. The Morgan fingerprint density at radius 2 is 1.84 bits per heavy atom. The molecule has 1 aliphatic carbocycles. The monoisotopic (exact) mass is 527 g/mol. The van der Waals surface area contributed by atoms with Crippen LogP contribution < -0.4 is 16.8 Å². The molecule has 2 heterocycles. The van der Waals surface area contributed by atoms with E-state index in [9.17, 15) is 14.4 Å². The molecule has 0 bridgehead atoms. The highest BCUT2D eigenvalue weighted by atomic mass is 32.2. The number of benzene rings is 1. The quantitative estimate of drug-likeness (QED) is 0.230. The second-order valence-corrected chi connectivity index (χ2v) is 11.9. The molecule has 2 saturated heterocycles. The zero-order valence-electron chi connectivity index (χ0n) is 21.6. The molecular formula is C28H41N5O3S. The Balaban J connectivity index is 1.40. The predicted molar refractivity (Wildman–Crippen MR) is 148 cm³/mol. The Morgan fingerprint density at radius 3 is 2.57 bits per heavy atom. The van der Waals surface area contributed by atoms with E-state index in [0.29, 0.717) is 31.1 Å². The molecule has 4 rings (SSSR count). The number of hydrogen-bond acceptors (Lipinski definition) is 5. The third-order valence-corrected chi connectivity index (χ3v) is 9.33. The molecule has 2 amide bonds. The highest BCUT2D eigenvalue weighted by Gasteiger charge is 2.47. The summed E-state index contributed by atoms with van der Waals surface area (Å²) in [6.45, 7) is 0.391. The lowest BCUT2D eigenvalue weighted by Crippen LogP contribution is -2.56. The second kappa shape index (κ2) is 13.3. The lowest BCUT2D eigenvalue weighted by atomic mass is 9.80. The van der Waals surface area contributed by atoms with Crippen molar-refractivity contribution in [2.45, 2.75) is 88.1 Å². The van der Waals surface area contributed by atoms with E-state index in [2.05, 4.69) is 10.3 Å². The molecule has 8 nitrogen and oxygen atoms in total. The van der Waals surface area contributed by atoms with Gasteiger partial charge in [0.1, 0.15) is 6.04 Å². The normalized spacial score (nSPS) is 24.8. The summed E-state index contributed by atoms with van der Waals surface area (Å²) in [5.74, 6) is 1.09. The number of carbonyl (C=O) groups excluding carboxylic acids is 3. The summed E-state index contributed by atoms with van der Waals surface area (Å²) in [5, 5.41) is 3.07. The number of Topliss-reactive ketones (excluding diaryl/α,β-unsaturated/α-hetero) is 1. The molecule has 0 spiro atoms. The first-order valence-corrected chi connectivity index (χ1v) is 14.8. The molecule has 1 saturated carbocycles. The lowest BCUT2D eigenvalue weighted by Gasteiger charge is -2.38. The third kappa shape index (κ3) is 7.49. The molecule has 5 N–H and O–H groups in total. The van der Waals surface area contributed by atoms with Gasteiger partial charge in [0.05, 0.1) is 11.4 Å². The number of amides is 2. The van der Waals surface area contributed by atoms with Gasteiger partial charge >= 0.3 is 0 Å². The first kappa shape index (κ1) is 27.5. The summed E-state index contributed by atoms with van der Waals surface area (Å²) in [5.41, 5.74) is 11.8. The van der Waals surface area contributed by atoms with Crippen molar-refractivity contribution in [3.8, 4) is 0 Å². The minimum atomic E-state index is -0.649. The standard InChI is InChI=1S/C28H41N5O3S/c29-28(30)31-15-7-12-22(24(34)17-20-10-5-2-6-11-20)32-26(35)23-18-37-25-14-13-21(27(36)33(23)25)16-19-8-3-1-4-9-19/h2,5-6,10-11,19,21-23,25H,1,3-4,7-9,12-18H2,(H,32,35)(H4,29,30,31)/t21-,22?,23-,25?/m0/s1. The molecule has 1 aromatic carbocycles. The third-order valence-electron chi connectivity index (χ3n) is 7.98. The largest absolute Gasteiger partial charge is 0.370 e. The van der Waals surface area contributed by atoms with Gasteiger partial charge in [0, 0.05) is 24.6 Å². The van der Waals surface area contributed by atoms with Gasteiger partial charge in [-0.3, -0.25) is 19.4 Å². The minimum Gasteiger partial charge on any atom is -0.370 e. The van der Waals surface area contributed by atoms with E-state index < -0.39 is 12.1 Å². The van der Waals surface area contributed by atoms with Crippen LogP contribution in [-0.2, 0) is 20.8 Å². The van der Waals surface area contributed by atoms with Crippen molar-refractivity contribution in [1.29, 1.82) is 0 Å². The summed E-state index contributed by atoms with van der Waals surface area (Å²) < 4.78 is 0. The Hall–Kier alpha value is -2.55. The Morgan fingerprint density at radius 1 is 1.08 bits per heavy atom. The van der Waals surface area contributed by atoms with Crippen LogP contribution in [0, 0.1) is 11.8 Å². The molecule has 3 fully saturated rings. The lowest BCUT2D eigenvalue weighted by molar-refractivity contribution is -0.147. The Bertz CT molecular complexity index is 962. The van der Waals surface area contributed by atoms with Crippen molar-refractivity contribution in [3.63, 3.8) is 0 Å². The van der Waals surface area contributed by atoms with Crippen LogP contribution in [-0.4, -0.2) is 58.2 Å². The first-order chi connectivity index (χ1) is 17.9. The number of carbonyl (C=O) groups is 3. The highest BCUT2D eigenvalue weighted by molar-refractivity contribution is 8.00. The fraction of sp³-hybridized carbons (Fsp3) is 0.643. The minimum absolute atomic E-state index is 0.0108. The van der Waals surface area contributed by atoms with Crippen LogP contribution in [0.25, 0.3) is 0 Å². The van der Waals surface area contributed by atoms with E-state index in [1.165, 1.54) is 32.1 Å². The second-order valence-electron chi connectivity index (χ2n) is 10.7. The number of piperidine rings is 1. The zero-order valence-corrected chi connectivity index (χ0v) is 22.5. The fourth-order valence-electron chi connectivity index (χ4n) is 6.01. The summed E-state index contributed by atoms with van der Waals surface area (Å²) in [6.07, 6.45) is 10.3. The number of rotatable bonds is 11. The van der Waals surface area contributed by atoms with E-state index in [4.69, 9.17) is 11.5 Å². The van der Waals surface area contributed by atoms with Crippen molar-refractivity contribution >= 4 is 35.3 Å². The summed E-state index contributed by atoms with van der Waals surface area (Å²) in [7, 11) is 0. The van der Waals surface area contributed by atoms with E-state index in [-0.39, 0.29) is 41.3 Å². The van der Waals surface area contributed by atoms with Crippen LogP contribution in [0.5, 0.6) is 0 Å². The number of nitrogens with two attached hydrogens (primary N) is 2. The Labute approximate surface area is 224 Å². The van der Waals surface area contributed by atoms with Crippen molar-refractivity contribution < 1.29 is 14.4 Å². The van der Waals surface area contributed by atoms with Crippen LogP contribution >= 0.6 is 11.8 Å². The number of thioether (sulfide) groups is 1. The number of hydrogen-bond donors (Lipinski definition) is 3. The molecule has 2 aliphatic heterocycles. The van der Waals surface area contributed by atoms with Crippen LogP contribution in [0.15, 0.2) is 35.3 Å². The van der Waals surface area contributed by atoms with Crippen molar-refractivity contribution in [2.24, 2.45) is 28.3 Å². The van der Waals surface area contributed by atoms with Crippen LogP contribution in [0.2, 0.25) is 0 Å². The van der Waals surface area contributed by atoms with Gasteiger partial charge in [0.15, 0.2) is 11.7 Å². The zero-order chi connectivity index (χ0) is 26.2. The van der Waals surface area contributed by atoms with Gasteiger partial charge < -0.3 is 21.7 Å². The predicted octanol–water partition coefficient (Wildman–Crippen LogP) is 2.99. The number of guanidine groups is 1. The Kier molecular flexibility index (Phi) is 9.88. The maximum Gasteiger partial charge on any atom is 0.244 e. The molecule has 0 radical (unpaired) electrons. The van der Waals surface area contributed by atoms with E-state index in [0.717, 1.165) is 24.8 Å². The number of nitrogens with zero attached hydrogens (tertiary/aromatic N) is 2. The SMILES string of the molecule is NC(N)=NCCCC(NC(=O)[C@@H]1CSC2CC[C@@H](CC3CCCCC3)C(=O)N21)C(=O)Cc1ccccc1. The molecule has 1 aromatic rings. The highest BCUT2D eigenvalue weighted by Crippen LogP contribution is 2.41. The maximum atomic E-state index is 13.6. The van der Waals surface area contributed by atoms with Crippen molar-refractivity contribution in [3.05, 3.63) is 35.9 Å². The van der Waals surface area contributed by atoms with E-state index in [1.807, 2.05) is 35.2 Å². The van der Waals surface area contributed by atoms with E-state index >= 15 is 0 Å². The fourth-order valence-corrected chi connectivity index (χ4v) is 7.44. The molecule has 9 heteroatoms. The van der Waals surface area contributed by atoms with Crippen molar-refractivity contribution in [2.75, 3.05) is 12.3 Å². The smallest absolute Gasteiger partial charge is 0.244 e. The van der Waals surface area contributed by atoms with Gasteiger partial charge in [0.25, 0.3) is 0 Å². The summed E-state index contributed by atoms with van der Waals surface area (Å²) >= 11 is 1.69. The summed E-state index contributed by atoms with van der Waals surface area (Å²) in [6, 6.07) is 8.35. The van der Waals surface area contributed by atoms with Crippen LogP contribution in [0.1, 0.15) is 69.8 Å². The molecule has 3 aliphatic rings. The maximum absolute atomic E-state index is 13.6. The molecule has 202 valence electrons.